The van der Waals surface area contributed by atoms with Crippen LogP contribution >= 0.6 is 23.4 Å². The van der Waals surface area contributed by atoms with Crippen molar-refractivity contribution in [3.63, 3.8) is 0 Å². The highest BCUT2D eigenvalue weighted by Crippen LogP contribution is 2.33. The quantitative estimate of drug-likeness (QED) is 0.439. The first-order valence-corrected chi connectivity index (χ1v) is 11.3. The minimum absolute atomic E-state index is 0.168. The van der Waals surface area contributed by atoms with Gasteiger partial charge in [0.15, 0.2) is 0 Å². The van der Waals surface area contributed by atoms with Crippen molar-refractivity contribution in [2.45, 2.75) is 31.7 Å². The molecule has 0 spiro atoms. The van der Waals surface area contributed by atoms with Gasteiger partial charge in [0, 0.05) is 5.02 Å². The lowest BCUT2D eigenvalue weighted by Crippen LogP contribution is -2.31. The maximum absolute atomic E-state index is 12.9. The summed E-state index contributed by atoms with van der Waals surface area (Å²) in [5, 5.41) is -0.0516. The van der Waals surface area contributed by atoms with Crippen LogP contribution in [-0.2, 0) is 24.4 Å². The summed E-state index contributed by atoms with van der Waals surface area (Å²) in [4.78, 5) is 26.7. The minimum atomic E-state index is -0.455. The van der Waals surface area contributed by atoms with Crippen molar-refractivity contribution in [2.75, 3.05) is 0 Å². The summed E-state index contributed by atoms with van der Waals surface area (Å²) in [7, 11) is 0. The second-order valence-corrected chi connectivity index (χ2v) is 9.10. The minimum Gasteiger partial charge on any atom is -0.489 e. The Kier molecular flexibility index (Phi) is 6.64. The molecule has 1 aliphatic heterocycles. The molecule has 2 amide bonds. The number of imide groups is 1. The smallest absolute Gasteiger partial charge is 0.289 e. The summed E-state index contributed by atoms with van der Waals surface area (Å²) in [6.07, 6.45) is 0.441. The van der Waals surface area contributed by atoms with Gasteiger partial charge in [0.2, 0.25) is 5.91 Å². The summed E-state index contributed by atoms with van der Waals surface area (Å²) in [5.74, 6) is 0.568. The van der Waals surface area contributed by atoms with Crippen molar-refractivity contribution >= 4 is 34.5 Å². The number of thioether (sulfide) groups is 1. The summed E-state index contributed by atoms with van der Waals surface area (Å²) in [6, 6.07) is 23.1. The van der Waals surface area contributed by atoms with Gasteiger partial charge in [-0.25, -0.2) is 0 Å². The zero-order chi connectivity index (χ0) is 21.8. The first kappa shape index (κ1) is 21.5. The first-order valence-electron chi connectivity index (χ1n) is 10.0. The zero-order valence-electron chi connectivity index (χ0n) is 17.1. The molecule has 0 saturated carbocycles. The summed E-state index contributed by atoms with van der Waals surface area (Å²) >= 11 is 7.00. The molecule has 0 aliphatic carbocycles. The fraction of sp³-hybridized carbons (Fsp3) is 0.200. The number of rotatable bonds is 7. The second kappa shape index (κ2) is 9.58. The van der Waals surface area contributed by atoms with Gasteiger partial charge in [0.05, 0.1) is 11.8 Å². The van der Waals surface area contributed by atoms with E-state index in [9.17, 15) is 9.59 Å². The van der Waals surface area contributed by atoms with Crippen LogP contribution < -0.4 is 4.74 Å². The zero-order valence-corrected chi connectivity index (χ0v) is 18.7. The number of benzene rings is 3. The molecule has 3 aromatic rings. The van der Waals surface area contributed by atoms with Crippen molar-refractivity contribution in [3.8, 4) is 5.75 Å². The SMILES string of the molecule is Cc1ccc(COc2ccccc2C[C@H]2SC(=O)N(Cc3ccc(Cl)cc3)C2=O)cc1. The molecule has 158 valence electrons. The topological polar surface area (TPSA) is 46.6 Å². The normalized spacial score (nSPS) is 16.1. The Labute approximate surface area is 191 Å². The van der Waals surface area contributed by atoms with E-state index in [4.69, 9.17) is 16.3 Å². The van der Waals surface area contributed by atoms with E-state index in [1.807, 2.05) is 55.5 Å². The number of aryl methyl sites for hydroxylation is 1. The third-order valence-corrected chi connectivity index (χ3v) is 6.48. The highest BCUT2D eigenvalue weighted by Gasteiger charge is 2.39. The molecular formula is C25H22ClNO3S. The fourth-order valence-corrected chi connectivity index (χ4v) is 4.54. The lowest BCUT2D eigenvalue weighted by atomic mass is 10.1. The van der Waals surface area contributed by atoms with Gasteiger partial charge in [-0.2, -0.15) is 0 Å². The van der Waals surface area contributed by atoms with Crippen LogP contribution in [0.3, 0.4) is 0 Å². The van der Waals surface area contributed by atoms with Crippen LogP contribution in [0.25, 0.3) is 0 Å². The highest BCUT2D eigenvalue weighted by atomic mass is 35.5. The molecule has 0 N–H and O–H groups in total. The number of amides is 2. The average Bonchev–Trinajstić information content (AvgIpc) is 3.03. The van der Waals surface area contributed by atoms with Gasteiger partial charge >= 0.3 is 0 Å². The predicted octanol–water partition coefficient (Wildman–Crippen LogP) is 6.03. The van der Waals surface area contributed by atoms with E-state index in [1.165, 1.54) is 10.5 Å². The van der Waals surface area contributed by atoms with Gasteiger partial charge in [-0.3, -0.25) is 14.5 Å². The van der Waals surface area contributed by atoms with Gasteiger partial charge in [0.25, 0.3) is 5.24 Å². The van der Waals surface area contributed by atoms with Crippen LogP contribution in [0.4, 0.5) is 4.79 Å². The summed E-state index contributed by atoms with van der Waals surface area (Å²) in [5.41, 5.74) is 4.07. The lowest BCUT2D eigenvalue weighted by Gasteiger charge is -2.15. The lowest BCUT2D eigenvalue weighted by molar-refractivity contribution is -0.127. The van der Waals surface area contributed by atoms with Crippen LogP contribution in [0, 0.1) is 6.92 Å². The van der Waals surface area contributed by atoms with E-state index in [-0.39, 0.29) is 17.7 Å². The molecule has 1 saturated heterocycles. The molecule has 1 fully saturated rings. The Morgan fingerprint density at radius 3 is 2.35 bits per heavy atom. The van der Waals surface area contributed by atoms with Gasteiger partial charge in [-0.1, -0.05) is 83.5 Å². The van der Waals surface area contributed by atoms with Crippen LogP contribution in [-0.4, -0.2) is 21.3 Å². The van der Waals surface area contributed by atoms with Crippen molar-refractivity contribution in [1.29, 1.82) is 0 Å². The maximum atomic E-state index is 12.9. The Morgan fingerprint density at radius 1 is 0.935 bits per heavy atom. The molecule has 0 unspecified atom stereocenters. The molecule has 31 heavy (non-hydrogen) atoms. The van der Waals surface area contributed by atoms with Crippen LogP contribution in [0.5, 0.6) is 5.75 Å². The monoisotopic (exact) mass is 451 g/mol. The fourth-order valence-electron chi connectivity index (χ4n) is 3.40. The molecule has 1 aliphatic rings. The molecule has 1 atom stereocenters. The van der Waals surface area contributed by atoms with Crippen LogP contribution in [0.1, 0.15) is 22.3 Å². The Balaban J connectivity index is 1.43. The molecule has 4 rings (SSSR count). The van der Waals surface area contributed by atoms with E-state index in [0.717, 1.165) is 34.2 Å². The third kappa shape index (κ3) is 5.30. The number of halogens is 1. The van der Waals surface area contributed by atoms with Crippen LogP contribution in [0.15, 0.2) is 72.8 Å². The van der Waals surface area contributed by atoms with E-state index >= 15 is 0 Å². The Morgan fingerprint density at radius 2 is 1.61 bits per heavy atom. The molecule has 3 aromatic carbocycles. The molecule has 6 heteroatoms. The van der Waals surface area contributed by atoms with Gasteiger partial charge in [-0.05, 0) is 48.2 Å². The number of hydrogen-bond donors (Lipinski definition) is 0. The van der Waals surface area contributed by atoms with Gasteiger partial charge in [0.1, 0.15) is 12.4 Å². The Hall–Kier alpha value is -2.76. The number of para-hydroxylation sites is 1. The highest BCUT2D eigenvalue weighted by molar-refractivity contribution is 8.15. The van der Waals surface area contributed by atoms with Crippen molar-refractivity contribution in [2.24, 2.45) is 0 Å². The van der Waals surface area contributed by atoms with E-state index in [2.05, 4.69) is 12.1 Å². The number of hydrogen-bond acceptors (Lipinski definition) is 4. The Bertz CT molecular complexity index is 1080. The summed E-state index contributed by atoms with van der Waals surface area (Å²) < 4.78 is 6.04. The van der Waals surface area contributed by atoms with Gasteiger partial charge in [-0.15, -0.1) is 0 Å². The molecule has 0 radical (unpaired) electrons. The number of carbonyl (C=O) groups excluding carboxylic acids is 2. The van der Waals surface area contributed by atoms with Crippen molar-refractivity contribution in [3.05, 3.63) is 100 Å². The molecule has 4 nitrogen and oxygen atoms in total. The molecule has 0 aromatic heterocycles. The first-order chi connectivity index (χ1) is 15.0. The average molecular weight is 452 g/mol. The standard InChI is InChI=1S/C25H22ClNO3S/c1-17-6-8-19(9-7-17)16-30-22-5-3-2-4-20(22)14-23-24(28)27(25(29)31-23)15-18-10-12-21(26)13-11-18/h2-13,23H,14-16H2,1H3/t23-/m1/s1. The summed E-state index contributed by atoms with van der Waals surface area (Å²) in [6.45, 7) is 2.75. The number of ether oxygens (including phenoxy) is 1. The molecule has 0 bridgehead atoms. The number of nitrogens with zero attached hydrogens (tertiary/aromatic N) is 1. The molecular weight excluding hydrogens is 430 g/mol. The predicted molar refractivity (Wildman–Crippen MR) is 124 cm³/mol. The van der Waals surface area contributed by atoms with E-state index < -0.39 is 5.25 Å². The largest absolute Gasteiger partial charge is 0.489 e. The number of carbonyl (C=O) groups is 2. The maximum Gasteiger partial charge on any atom is 0.289 e. The van der Waals surface area contributed by atoms with Crippen LogP contribution in [0.2, 0.25) is 5.02 Å². The van der Waals surface area contributed by atoms with E-state index in [1.54, 1.807) is 12.1 Å². The molecule has 1 heterocycles. The van der Waals surface area contributed by atoms with E-state index in [0.29, 0.717) is 18.1 Å². The third-order valence-electron chi connectivity index (χ3n) is 5.15. The second-order valence-electron chi connectivity index (χ2n) is 7.51. The van der Waals surface area contributed by atoms with Crippen molar-refractivity contribution in [1.82, 2.24) is 4.90 Å². The van der Waals surface area contributed by atoms with Crippen molar-refractivity contribution < 1.29 is 14.3 Å². The van der Waals surface area contributed by atoms with Gasteiger partial charge < -0.3 is 4.74 Å².